The van der Waals surface area contributed by atoms with Gasteiger partial charge in [0.25, 0.3) is 0 Å². The fourth-order valence-corrected chi connectivity index (χ4v) is 4.57. The fraction of sp³-hybridized carbons (Fsp3) is 0.609. The molecule has 1 aromatic heterocycles. The number of amides is 1. The third kappa shape index (κ3) is 6.05. The number of nitrogens with one attached hydrogen (secondary N) is 1. The van der Waals surface area contributed by atoms with Crippen LogP contribution in [-0.4, -0.2) is 64.1 Å². The van der Waals surface area contributed by atoms with Crippen molar-refractivity contribution in [2.75, 3.05) is 26.2 Å². The second-order valence-corrected chi connectivity index (χ2v) is 9.14. The summed E-state index contributed by atoms with van der Waals surface area (Å²) in [5.41, 5.74) is 0.887. The molecular weight excluding hydrogens is 414 g/mol. The lowest BCUT2D eigenvalue weighted by Gasteiger charge is -2.37. The van der Waals surface area contributed by atoms with Gasteiger partial charge in [-0.25, -0.2) is 0 Å². The Bertz CT molecular complexity index is 840. The van der Waals surface area contributed by atoms with Crippen molar-refractivity contribution in [2.24, 2.45) is 0 Å². The van der Waals surface area contributed by atoms with Crippen LogP contribution in [-0.2, 0) is 11.3 Å². The summed E-state index contributed by atoms with van der Waals surface area (Å²) in [5.74, 6) is 1.36. The molecule has 2 heterocycles. The molecule has 1 unspecified atom stereocenters. The average molecular weight is 446 g/mol. The molecule has 1 saturated carbocycles. The minimum absolute atomic E-state index is 0.0923. The van der Waals surface area contributed by atoms with Crippen molar-refractivity contribution < 1.29 is 9.32 Å². The summed E-state index contributed by atoms with van der Waals surface area (Å²) >= 11 is 5.94. The molecule has 0 bridgehead atoms. The molecule has 1 aliphatic heterocycles. The number of nitrogens with zero attached hydrogens (tertiary/aromatic N) is 4. The Morgan fingerprint density at radius 3 is 2.48 bits per heavy atom. The topological polar surface area (TPSA) is 74.5 Å². The van der Waals surface area contributed by atoms with Gasteiger partial charge < -0.3 is 9.84 Å². The summed E-state index contributed by atoms with van der Waals surface area (Å²) in [6.45, 7) is 6.11. The number of hydrogen-bond donors (Lipinski definition) is 1. The van der Waals surface area contributed by atoms with Crippen molar-refractivity contribution >= 4 is 17.5 Å². The van der Waals surface area contributed by atoms with E-state index in [2.05, 4.69) is 25.3 Å². The van der Waals surface area contributed by atoms with Crippen LogP contribution in [0.3, 0.4) is 0 Å². The van der Waals surface area contributed by atoms with E-state index in [1.165, 1.54) is 25.7 Å². The first-order valence-electron chi connectivity index (χ1n) is 11.4. The molecule has 4 rings (SSSR count). The Morgan fingerprint density at radius 2 is 1.81 bits per heavy atom. The summed E-state index contributed by atoms with van der Waals surface area (Å²) in [4.78, 5) is 21.8. The smallest absolute Gasteiger partial charge is 0.241 e. The highest BCUT2D eigenvalue weighted by Gasteiger charge is 2.27. The molecule has 8 heteroatoms. The van der Waals surface area contributed by atoms with Gasteiger partial charge in [0.15, 0.2) is 0 Å². The minimum atomic E-state index is -0.0923. The molecule has 0 spiro atoms. The summed E-state index contributed by atoms with van der Waals surface area (Å²) in [5, 5.41) is 8.07. The zero-order chi connectivity index (χ0) is 21.6. The van der Waals surface area contributed by atoms with E-state index in [-0.39, 0.29) is 11.9 Å². The van der Waals surface area contributed by atoms with E-state index >= 15 is 0 Å². The van der Waals surface area contributed by atoms with Crippen molar-refractivity contribution in [1.82, 2.24) is 25.3 Å². The molecule has 1 saturated heterocycles. The zero-order valence-corrected chi connectivity index (χ0v) is 19.0. The van der Waals surface area contributed by atoms with Crippen molar-refractivity contribution in [3.05, 3.63) is 35.2 Å². The molecule has 2 aromatic rings. The largest absolute Gasteiger partial charge is 0.352 e. The number of piperazine rings is 1. The van der Waals surface area contributed by atoms with Gasteiger partial charge in [-0.2, -0.15) is 4.98 Å². The van der Waals surface area contributed by atoms with Crippen LogP contribution < -0.4 is 5.32 Å². The Balaban J connectivity index is 1.24. The lowest BCUT2D eigenvalue weighted by atomic mass is 10.1. The van der Waals surface area contributed by atoms with Crippen LogP contribution in [0.5, 0.6) is 0 Å². The van der Waals surface area contributed by atoms with E-state index in [0.29, 0.717) is 29.3 Å². The third-order valence-electron chi connectivity index (χ3n) is 6.46. The van der Waals surface area contributed by atoms with Gasteiger partial charge in [-0.1, -0.05) is 42.4 Å². The fourth-order valence-electron chi connectivity index (χ4n) is 4.45. The third-order valence-corrected chi connectivity index (χ3v) is 6.72. The van der Waals surface area contributed by atoms with Gasteiger partial charge in [-0.05, 0) is 44.0 Å². The van der Waals surface area contributed by atoms with E-state index < -0.39 is 0 Å². The molecule has 2 fully saturated rings. The first kappa shape index (κ1) is 22.2. The Morgan fingerprint density at radius 1 is 1.13 bits per heavy atom. The highest BCUT2D eigenvalue weighted by atomic mass is 35.5. The second-order valence-electron chi connectivity index (χ2n) is 8.70. The summed E-state index contributed by atoms with van der Waals surface area (Å²) in [7, 11) is 0. The normalized spacial score (nSPS) is 20.3. The number of hydrogen-bond acceptors (Lipinski definition) is 6. The zero-order valence-electron chi connectivity index (χ0n) is 18.2. The molecule has 1 aliphatic carbocycles. The molecular formula is C23H32ClN5O2. The van der Waals surface area contributed by atoms with Crippen LogP contribution in [0.4, 0.5) is 0 Å². The molecule has 1 amide bonds. The van der Waals surface area contributed by atoms with E-state index in [1.54, 1.807) is 0 Å². The number of halogens is 1. The lowest BCUT2D eigenvalue weighted by Crippen LogP contribution is -2.54. The SMILES string of the molecule is CC(C(=O)NC1CCCCCC1)N1CCN(Cc2nc(-c3ccc(Cl)cc3)no2)CC1. The average Bonchev–Trinajstić information content (AvgIpc) is 3.09. The number of rotatable bonds is 6. The molecule has 1 aromatic carbocycles. The molecule has 0 radical (unpaired) electrons. The van der Waals surface area contributed by atoms with Gasteiger partial charge in [-0.15, -0.1) is 0 Å². The van der Waals surface area contributed by atoms with Crippen molar-refractivity contribution in [3.63, 3.8) is 0 Å². The van der Waals surface area contributed by atoms with Crippen molar-refractivity contribution in [2.45, 2.75) is 64.1 Å². The number of benzene rings is 1. The predicted molar refractivity (Wildman–Crippen MR) is 121 cm³/mol. The van der Waals surface area contributed by atoms with E-state index in [0.717, 1.165) is 44.6 Å². The first-order chi connectivity index (χ1) is 15.1. The van der Waals surface area contributed by atoms with Gasteiger partial charge >= 0.3 is 0 Å². The molecule has 31 heavy (non-hydrogen) atoms. The van der Waals surface area contributed by atoms with Crippen molar-refractivity contribution in [3.8, 4) is 11.4 Å². The highest BCUT2D eigenvalue weighted by molar-refractivity contribution is 6.30. The Hall–Kier alpha value is -1.96. The van der Waals surface area contributed by atoms with Gasteiger partial charge in [0.05, 0.1) is 12.6 Å². The monoisotopic (exact) mass is 445 g/mol. The van der Waals surface area contributed by atoms with Gasteiger partial charge in [0.1, 0.15) is 0 Å². The summed E-state index contributed by atoms with van der Waals surface area (Å²) < 4.78 is 5.45. The predicted octanol–water partition coefficient (Wildman–Crippen LogP) is 3.74. The van der Waals surface area contributed by atoms with Crippen LogP contribution in [0.1, 0.15) is 51.3 Å². The first-order valence-corrected chi connectivity index (χ1v) is 11.8. The minimum Gasteiger partial charge on any atom is -0.352 e. The van der Waals surface area contributed by atoms with Gasteiger partial charge in [-0.3, -0.25) is 14.6 Å². The molecule has 1 atom stereocenters. The quantitative estimate of drug-likeness (QED) is 0.683. The van der Waals surface area contributed by atoms with Gasteiger partial charge in [0.2, 0.25) is 17.6 Å². The van der Waals surface area contributed by atoms with Crippen LogP contribution >= 0.6 is 11.6 Å². The van der Waals surface area contributed by atoms with E-state index in [4.69, 9.17) is 16.1 Å². The van der Waals surface area contributed by atoms with Gasteiger partial charge in [0, 0.05) is 42.8 Å². The Labute approximate surface area is 189 Å². The lowest BCUT2D eigenvalue weighted by molar-refractivity contribution is -0.127. The van der Waals surface area contributed by atoms with Crippen LogP contribution in [0.2, 0.25) is 5.02 Å². The van der Waals surface area contributed by atoms with Crippen LogP contribution in [0, 0.1) is 0 Å². The van der Waals surface area contributed by atoms with Crippen molar-refractivity contribution in [1.29, 1.82) is 0 Å². The summed E-state index contributed by atoms with van der Waals surface area (Å²) in [6, 6.07) is 7.67. The highest BCUT2D eigenvalue weighted by Crippen LogP contribution is 2.20. The molecule has 1 N–H and O–H groups in total. The van der Waals surface area contributed by atoms with Crippen LogP contribution in [0.25, 0.3) is 11.4 Å². The van der Waals surface area contributed by atoms with Crippen LogP contribution in [0.15, 0.2) is 28.8 Å². The number of carbonyl (C=O) groups is 1. The summed E-state index contributed by atoms with van der Waals surface area (Å²) in [6.07, 6.45) is 7.29. The molecule has 2 aliphatic rings. The maximum Gasteiger partial charge on any atom is 0.241 e. The Kier molecular flexibility index (Phi) is 7.58. The molecule has 7 nitrogen and oxygen atoms in total. The number of aromatic nitrogens is 2. The second kappa shape index (κ2) is 10.6. The molecule has 168 valence electrons. The maximum absolute atomic E-state index is 12.7. The standard InChI is InChI=1S/C23H32ClN5O2/c1-17(23(30)25-20-6-4-2-3-5-7-20)29-14-12-28(13-15-29)16-21-26-22(27-31-21)18-8-10-19(24)11-9-18/h8-11,17,20H,2-7,12-16H2,1H3,(H,25,30). The van der Waals surface area contributed by atoms with E-state index in [9.17, 15) is 4.79 Å². The van der Waals surface area contributed by atoms with E-state index in [1.807, 2.05) is 31.2 Å². The number of carbonyl (C=O) groups excluding carboxylic acids is 1. The maximum atomic E-state index is 12.7.